The molecule has 96 valence electrons. The Labute approximate surface area is 106 Å². The molecule has 0 saturated carbocycles. The molecule has 1 aromatic rings. The summed E-state index contributed by atoms with van der Waals surface area (Å²) in [6.45, 7) is 11.5. The molecule has 2 heteroatoms. The number of rotatable bonds is 6. The Hall–Kier alpha value is -0.860. The number of hydrogen-bond acceptors (Lipinski definition) is 2. The number of benzene rings is 1. The van der Waals surface area contributed by atoms with Gasteiger partial charge in [0.25, 0.3) is 0 Å². The van der Waals surface area contributed by atoms with Crippen LogP contribution in [0.4, 0.5) is 0 Å². The third kappa shape index (κ3) is 4.14. The maximum absolute atomic E-state index is 5.49. The first-order valence-corrected chi connectivity index (χ1v) is 6.48. The fourth-order valence-corrected chi connectivity index (χ4v) is 1.92. The Morgan fingerprint density at radius 1 is 1.18 bits per heavy atom. The minimum atomic E-state index is 0.157. The molecule has 2 nitrogen and oxygen atoms in total. The van der Waals surface area contributed by atoms with Gasteiger partial charge in [-0.1, -0.05) is 52.0 Å². The van der Waals surface area contributed by atoms with E-state index in [-0.39, 0.29) is 5.41 Å². The lowest BCUT2D eigenvalue weighted by molar-refractivity contribution is 0.473. The van der Waals surface area contributed by atoms with Crippen LogP contribution in [0.2, 0.25) is 0 Å². The molecule has 1 rings (SSSR count). The van der Waals surface area contributed by atoms with Crippen molar-refractivity contribution in [2.45, 2.75) is 39.0 Å². The summed E-state index contributed by atoms with van der Waals surface area (Å²) < 4.78 is 0. The molecule has 0 aliphatic heterocycles. The predicted octanol–water partition coefficient (Wildman–Crippen LogP) is 2.64. The van der Waals surface area contributed by atoms with Gasteiger partial charge in [0.05, 0.1) is 0 Å². The molecular formula is C15H26N2. The highest BCUT2D eigenvalue weighted by molar-refractivity contribution is 5.29. The molecule has 0 aliphatic rings. The van der Waals surface area contributed by atoms with Crippen molar-refractivity contribution in [3.63, 3.8) is 0 Å². The highest BCUT2D eigenvalue weighted by Crippen LogP contribution is 2.24. The molecule has 0 aliphatic carbocycles. The minimum absolute atomic E-state index is 0.157. The molecule has 0 spiro atoms. The molecule has 17 heavy (non-hydrogen) atoms. The van der Waals surface area contributed by atoms with Gasteiger partial charge in [-0.2, -0.15) is 0 Å². The maximum atomic E-state index is 5.49. The van der Waals surface area contributed by atoms with Crippen molar-refractivity contribution >= 4 is 0 Å². The SMILES string of the molecule is CC(C)c1ccc(C(C)(C)CNCCN)cc1. The van der Waals surface area contributed by atoms with Crippen molar-refractivity contribution in [1.29, 1.82) is 0 Å². The van der Waals surface area contributed by atoms with Crippen LogP contribution in [0.15, 0.2) is 24.3 Å². The average molecular weight is 234 g/mol. The highest BCUT2D eigenvalue weighted by atomic mass is 14.9. The summed E-state index contributed by atoms with van der Waals surface area (Å²) in [5.74, 6) is 0.600. The van der Waals surface area contributed by atoms with Crippen LogP contribution in [0.25, 0.3) is 0 Å². The standard InChI is InChI=1S/C15H26N2/c1-12(2)13-5-7-14(8-6-13)15(3,4)11-17-10-9-16/h5-8,12,17H,9-11,16H2,1-4H3. The lowest BCUT2D eigenvalue weighted by atomic mass is 9.83. The second-order valence-corrected chi connectivity index (χ2v) is 5.63. The first kappa shape index (κ1) is 14.2. The van der Waals surface area contributed by atoms with E-state index in [0.717, 1.165) is 13.1 Å². The molecule has 0 amide bonds. The molecule has 3 N–H and O–H groups in total. The number of nitrogens with one attached hydrogen (secondary N) is 1. The molecule has 0 atom stereocenters. The van der Waals surface area contributed by atoms with Crippen molar-refractivity contribution < 1.29 is 0 Å². The van der Waals surface area contributed by atoms with E-state index in [0.29, 0.717) is 12.5 Å². The fraction of sp³-hybridized carbons (Fsp3) is 0.600. The van der Waals surface area contributed by atoms with Crippen LogP contribution in [0.1, 0.15) is 44.7 Å². The van der Waals surface area contributed by atoms with E-state index >= 15 is 0 Å². The third-order valence-electron chi connectivity index (χ3n) is 3.25. The van der Waals surface area contributed by atoms with E-state index in [9.17, 15) is 0 Å². The normalized spacial score (nSPS) is 12.1. The first-order chi connectivity index (χ1) is 7.97. The Kier molecular flexibility index (Phi) is 5.16. The van der Waals surface area contributed by atoms with Gasteiger partial charge >= 0.3 is 0 Å². The predicted molar refractivity (Wildman–Crippen MR) is 75.5 cm³/mol. The summed E-state index contributed by atoms with van der Waals surface area (Å²) in [6, 6.07) is 8.98. The van der Waals surface area contributed by atoms with Gasteiger partial charge < -0.3 is 11.1 Å². The minimum Gasteiger partial charge on any atom is -0.329 e. The van der Waals surface area contributed by atoms with Gasteiger partial charge in [-0.05, 0) is 17.0 Å². The third-order valence-corrected chi connectivity index (χ3v) is 3.25. The summed E-state index contributed by atoms with van der Waals surface area (Å²) in [4.78, 5) is 0. The van der Waals surface area contributed by atoms with Crippen LogP contribution in [-0.4, -0.2) is 19.6 Å². The monoisotopic (exact) mass is 234 g/mol. The maximum Gasteiger partial charge on any atom is 0.00748 e. The molecule has 0 unspecified atom stereocenters. The molecule has 1 aromatic carbocycles. The van der Waals surface area contributed by atoms with Crippen molar-refractivity contribution in [3.8, 4) is 0 Å². The van der Waals surface area contributed by atoms with E-state index in [1.54, 1.807) is 0 Å². The van der Waals surface area contributed by atoms with E-state index in [1.165, 1.54) is 11.1 Å². The van der Waals surface area contributed by atoms with Gasteiger partial charge in [0.15, 0.2) is 0 Å². The molecular weight excluding hydrogens is 208 g/mol. The molecule has 0 aromatic heterocycles. The summed E-state index contributed by atoms with van der Waals surface area (Å²) in [7, 11) is 0. The summed E-state index contributed by atoms with van der Waals surface area (Å²) in [5.41, 5.74) is 8.43. The Morgan fingerprint density at radius 3 is 2.24 bits per heavy atom. The highest BCUT2D eigenvalue weighted by Gasteiger charge is 2.19. The molecule has 0 saturated heterocycles. The zero-order valence-corrected chi connectivity index (χ0v) is 11.6. The van der Waals surface area contributed by atoms with Crippen molar-refractivity contribution in [2.24, 2.45) is 5.73 Å². The van der Waals surface area contributed by atoms with Gasteiger partial charge in [0.1, 0.15) is 0 Å². The van der Waals surface area contributed by atoms with E-state index in [4.69, 9.17) is 5.73 Å². The second kappa shape index (κ2) is 6.18. The van der Waals surface area contributed by atoms with E-state index in [2.05, 4.69) is 57.3 Å². The fourth-order valence-electron chi connectivity index (χ4n) is 1.92. The second-order valence-electron chi connectivity index (χ2n) is 5.63. The Balaban J connectivity index is 2.70. The Bertz CT molecular complexity index is 325. The summed E-state index contributed by atoms with van der Waals surface area (Å²) >= 11 is 0. The molecule has 0 heterocycles. The topological polar surface area (TPSA) is 38.0 Å². The van der Waals surface area contributed by atoms with Crippen LogP contribution >= 0.6 is 0 Å². The quantitative estimate of drug-likeness (QED) is 0.743. The van der Waals surface area contributed by atoms with Gasteiger partial charge in [0.2, 0.25) is 0 Å². The van der Waals surface area contributed by atoms with Gasteiger partial charge in [-0.3, -0.25) is 0 Å². The number of hydrogen-bond donors (Lipinski definition) is 2. The lowest BCUT2D eigenvalue weighted by Crippen LogP contribution is -2.35. The smallest absolute Gasteiger partial charge is 0.00748 e. The van der Waals surface area contributed by atoms with Crippen LogP contribution < -0.4 is 11.1 Å². The van der Waals surface area contributed by atoms with Crippen molar-refractivity contribution in [1.82, 2.24) is 5.32 Å². The van der Waals surface area contributed by atoms with Crippen LogP contribution in [0.3, 0.4) is 0 Å². The van der Waals surface area contributed by atoms with E-state index in [1.807, 2.05) is 0 Å². The molecule has 0 fully saturated rings. The summed E-state index contributed by atoms with van der Waals surface area (Å²) in [6.07, 6.45) is 0. The van der Waals surface area contributed by atoms with Crippen LogP contribution in [0, 0.1) is 0 Å². The lowest BCUT2D eigenvalue weighted by Gasteiger charge is -2.26. The van der Waals surface area contributed by atoms with Crippen molar-refractivity contribution in [2.75, 3.05) is 19.6 Å². The van der Waals surface area contributed by atoms with Crippen LogP contribution in [-0.2, 0) is 5.41 Å². The first-order valence-electron chi connectivity index (χ1n) is 6.48. The zero-order chi connectivity index (χ0) is 12.9. The van der Waals surface area contributed by atoms with E-state index < -0.39 is 0 Å². The molecule has 0 radical (unpaired) electrons. The van der Waals surface area contributed by atoms with Gasteiger partial charge in [0, 0.05) is 25.0 Å². The van der Waals surface area contributed by atoms with Crippen molar-refractivity contribution in [3.05, 3.63) is 35.4 Å². The molecule has 0 bridgehead atoms. The van der Waals surface area contributed by atoms with Gasteiger partial charge in [-0.15, -0.1) is 0 Å². The summed E-state index contributed by atoms with van der Waals surface area (Å²) in [5, 5.41) is 3.39. The van der Waals surface area contributed by atoms with Crippen LogP contribution in [0.5, 0.6) is 0 Å². The zero-order valence-electron chi connectivity index (χ0n) is 11.6. The average Bonchev–Trinajstić information content (AvgIpc) is 2.29. The Morgan fingerprint density at radius 2 is 1.76 bits per heavy atom. The number of nitrogens with two attached hydrogens (primary N) is 1. The largest absolute Gasteiger partial charge is 0.329 e. The van der Waals surface area contributed by atoms with Gasteiger partial charge in [-0.25, -0.2) is 0 Å².